The maximum atomic E-state index is 5.40. The summed E-state index contributed by atoms with van der Waals surface area (Å²) in [6, 6.07) is 4.00. The lowest BCUT2D eigenvalue weighted by molar-refractivity contribution is 0.412. The highest BCUT2D eigenvalue weighted by molar-refractivity contribution is 6.01. The monoisotopic (exact) mass is 269 g/mol. The topological polar surface area (TPSA) is 77.9 Å². The number of aromatic nitrogens is 2. The molecule has 0 aliphatic carbocycles. The largest absolute Gasteiger partial charge is 0.494 e. The highest BCUT2D eigenvalue weighted by Crippen LogP contribution is 2.10. The minimum Gasteiger partial charge on any atom is -0.494 e. The SMILES string of the molecule is COc1cc(=C2C=NN=N2)[nH]/c1=C\c1[nH]c(C)cc1C. The normalized spacial score (nSPS) is 17.2. The average molecular weight is 269 g/mol. The van der Waals surface area contributed by atoms with E-state index in [1.807, 2.05) is 19.1 Å². The van der Waals surface area contributed by atoms with Crippen molar-refractivity contribution in [3.05, 3.63) is 39.8 Å². The van der Waals surface area contributed by atoms with Crippen molar-refractivity contribution in [1.82, 2.24) is 9.97 Å². The molecule has 102 valence electrons. The van der Waals surface area contributed by atoms with E-state index in [0.717, 1.165) is 27.8 Å². The molecule has 1 aliphatic heterocycles. The minimum absolute atomic E-state index is 0.697. The Balaban J connectivity index is 2.19. The molecule has 0 atom stereocenters. The third kappa shape index (κ3) is 2.16. The van der Waals surface area contributed by atoms with E-state index in [4.69, 9.17) is 4.74 Å². The number of aryl methyl sites for hydroxylation is 2. The summed E-state index contributed by atoms with van der Waals surface area (Å²) >= 11 is 0. The average Bonchev–Trinajstić information content (AvgIpc) is 3.11. The second kappa shape index (κ2) is 4.80. The van der Waals surface area contributed by atoms with Crippen LogP contribution in [0.1, 0.15) is 17.0 Å². The summed E-state index contributed by atoms with van der Waals surface area (Å²) in [4.78, 5) is 6.59. The molecule has 1 aliphatic rings. The molecular formula is C14H15N5O. The van der Waals surface area contributed by atoms with E-state index < -0.39 is 0 Å². The molecule has 0 amide bonds. The molecule has 0 saturated heterocycles. The van der Waals surface area contributed by atoms with Crippen molar-refractivity contribution in [3.63, 3.8) is 0 Å². The first kappa shape index (κ1) is 12.4. The number of H-pyrrole nitrogens is 2. The summed E-state index contributed by atoms with van der Waals surface area (Å²) in [6.45, 7) is 4.10. The van der Waals surface area contributed by atoms with E-state index in [2.05, 4.69) is 38.4 Å². The Bertz CT molecular complexity index is 808. The van der Waals surface area contributed by atoms with Crippen molar-refractivity contribution >= 4 is 18.0 Å². The number of ether oxygens (including phenoxy) is 1. The van der Waals surface area contributed by atoms with Gasteiger partial charge in [-0.15, -0.1) is 10.2 Å². The number of aromatic amines is 2. The van der Waals surface area contributed by atoms with E-state index in [0.29, 0.717) is 5.70 Å². The van der Waals surface area contributed by atoms with Gasteiger partial charge in [0, 0.05) is 17.5 Å². The zero-order chi connectivity index (χ0) is 14.1. The molecule has 0 saturated carbocycles. The van der Waals surface area contributed by atoms with Gasteiger partial charge in [-0.3, -0.25) is 0 Å². The zero-order valence-corrected chi connectivity index (χ0v) is 11.6. The highest BCUT2D eigenvalue weighted by Gasteiger charge is 2.05. The van der Waals surface area contributed by atoms with Crippen molar-refractivity contribution in [3.8, 4) is 5.75 Å². The second-order valence-electron chi connectivity index (χ2n) is 4.68. The van der Waals surface area contributed by atoms with Crippen molar-refractivity contribution in [2.24, 2.45) is 15.4 Å². The van der Waals surface area contributed by atoms with Crippen molar-refractivity contribution in [1.29, 1.82) is 0 Å². The summed E-state index contributed by atoms with van der Waals surface area (Å²) < 4.78 is 5.40. The minimum atomic E-state index is 0.697. The van der Waals surface area contributed by atoms with Crippen LogP contribution in [0.5, 0.6) is 5.75 Å². The van der Waals surface area contributed by atoms with E-state index >= 15 is 0 Å². The molecule has 6 heteroatoms. The van der Waals surface area contributed by atoms with Gasteiger partial charge in [-0.25, -0.2) is 0 Å². The Labute approximate surface area is 115 Å². The van der Waals surface area contributed by atoms with Crippen LogP contribution in [0.4, 0.5) is 0 Å². The van der Waals surface area contributed by atoms with Gasteiger partial charge in [-0.2, -0.15) is 0 Å². The van der Waals surface area contributed by atoms with Crippen LogP contribution >= 0.6 is 0 Å². The maximum Gasteiger partial charge on any atom is 0.144 e. The molecule has 3 rings (SSSR count). The molecule has 20 heavy (non-hydrogen) atoms. The number of nitrogens with zero attached hydrogens (tertiary/aromatic N) is 3. The summed E-state index contributed by atoms with van der Waals surface area (Å²) in [7, 11) is 1.64. The standard InChI is InChI=1S/C14H15N5O/c1-8-4-9(2)16-10(8)5-12-14(20-3)6-11(17-12)13-7-15-19-18-13/h4-7,16-17H,1-3H3/b12-5-,13-11?. The van der Waals surface area contributed by atoms with Crippen molar-refractivity contribution in [2.75, 3.05) is 7.11 Å². The lowest BCUT2D eigenvalue weighted by atomic mass is 10.2. The molecule has 0 bridgehead atoms. The number of hydrogen-bond donors (Lipinski definition) is 2. The molecule has 2 N–H and O–H groups in total. The molecule has 0 spiro atoms. The van der Waals surface area contributed by atoms with Gasteiger partial charge in [0.2, 0.25) is 0 Å². The quantitative estimate of drug-likeness (QED) is 0.848. The van der Waals surface area contributed by atoms with E-state index in [1.54, 1.807) is 13.3 Å². The van der Waals surface area contributed by atoms with Crippen LogP contribution < -0.4 is 15.4 Å². The van der Waals surface area contributed by atoms with Gasteiger partial charge in [0.15, 0.2) is 0 Å². The van der Waals surface area contributed by atoms with Gasteiger partial charge in [-0.1, -0.05) is 0 Å². The molecule has 6 nitrogen and oxygen atoms in total. The number of methoxy groups -OCH3 is 1. The Kier molecular flexibility index (Phi) is 2.98. The summed E-state index contributed by atoms with van der Waals surface area (Å²) in [5, 5.41) is 13.0. The molecule has 0 aromatic carbocycles. The summed E-state index contributed by atoms with van der Waals surface area (Å²) in [5.74, 6) is 0.759. The number of nitrogens with one attached hydrogen (secondary N) is 2. The molecule has 0 unspecified atom stereocenters. The van der Waals surface area contributed by atoms with Gasteiger partial charge in [0.25, 0.3) is 0 Å². The molecule has 3 heterocycles. The first-order chi connectivity index (χ1) is 9.67. The van der Waals surface area contributed by atoms with Crippen LogP contribution in [0.3, 0.4) is 0 Å². The first-order valence-corrected chi connectivity index (χ1v) is 6.26. The Morgan fingerprint density at radius 1 is 1.20 bits per heavy atom. The first-order valence-electron chi connectivity index (χ1n) is 6.26. The predicted octanol–water partition coefficient (Wildman–Crippen LogP) is 1.36. The third-order valence-electron chi connectivity index (χ3n) is 3.17. The molecule has 0 radical (unpaired) electrons. The van der Waals surface area contributed by atoms with Crippen LogP contribution in [0, 0.1) is 13.8 Å². The predicted molar refractivity (Wildman–Crippen MR) is 77.2 cm³/mol. The lowest BCUT2D eigenvalue weighted by Crippen LogP contribution is -2.13. The Morgan fingerprint density at radius 3 is 2.65 bits per heavy atom. The highest BCUT2D eigenvalue weighted by atomic mass is 16.5. The van der Waals surface area contributed by atoms with E-state index in [-0.39, 0.29) is 0 Å². The smallest absolute Gasteiger partial charge is 0.144 e. The van der Waals surface area contributed by atoms with Crippen LogP contribution in [0.25, 0.3) is 11.8 Å². The van der Waals surface area contributed by atoms with Gasteiger partial charge < -0.3 is 14.7 Å². The fourth-order valence-corrected chi connectivity index (χ4v) is 2.21. The van der Waals surface area contributed by atoms with Gasteiger partial charge in [0.1, 0.15) is 11.4 Å². The number of hydrogen-bond acceptors (Lipinski definition) is 4. The second-order valence-corrected chi connectivity index (χ2v) is 4.68. The molecule has 2 aromatic rings. The zero-order valence-electron chi connectivity index (χ0n) is 11.6. The fourth-order valence-electron chi connectivity index (χ4n) is 2.21. The maximum absolute atomic E-state index is 5.40. The lowest BCUT2D eigenvalue weighted by Gasteiger charge is -1.94. The van der Waals surface area contributed by atoms with Crippen molar-refractivity contribution in [2.45, 2.75) is 13.8 Å². The van der Waals surface area contributed by atoms with Gasteiger partial charge in [-0.05, 0) is 36.8 Å². The Morgan fingerprint density at radius 2 is 2.05 bits per heavy atom. The van der Waals surface area contributed by atoms with Crippen LogP contribution in [0.15, 0.2) is 27.6 Å². The fraction of sp³-hybridized carbons (Fsp3) is 0.214. The molecule has 0 fully saturated rings. The van der Waals surface area contributed by atoms with Crippen LogP contribution in [-0.4, -0.2) is 23.3 Å². The third-order valence-corrected chi connectivity index (χ3v) is 3.17. The molecular weight excluding hydrogens is 254 g/mol. The van der Waals surface area contributed by atoms with E-state index in [1.165, 1.54) is 5.56 Å². The molecule has 2 aromatic heterocycles. The van der Waals surface area contributed by atoms with Crippen LogP contribution in [0.2, 0.25) is 0 Å². The van der Waals surface area contributed by atoms with Gasteiger partial charge in [0.05, 0.1) is 24.0 Å². The van der Waals surface area contributed by atoms with E-state index in [9.17, 15) is 0 Å². The Hall–Kier alpha value is -2.63. The summed E-state index contributed by atoms with van der Waals surface area (Å²) in [5.41, 5.74) is 4.07. The summed E-state index contributed by atoms with van der Waals surface area (Å²) in [6.07, 6.45) is 3.63. The van der Waals surface area contributed by atoms with Crippen molar-refractivity contribution < 1.29 is 4.74 Å². The van der Waals surface area contributed by atoms with Gasteiger partial charge >= 0.3 is 0 Å². The number of rotatable bonds is 2. The van der Waals surface area contributed by atoms with Crippen LogP contribution in [-0.2, 0) is 0 Å².